The summed E-state index contributed by atoms with van der Waals surface area (Å²) in [5.41, 5.74) is 5.98. The van der Waals surface area contributed by atoms with Crippen molar-refractivity contribution in [2.24, 2.45) is 5.84 Å². The molecule has 2 heterocycles. The number of hydrogen-bond acceptors (Lipinski definition) is 3. The maximum atomic E-state index is 11.4. The Kier molecular flexibility index (Phi) is 3.89. The summed E-state index contributed by atoms with van der Waals surface area (Å²) in [7, 11) is 2.12. The molecule has 1 aromatic carbocycles. The lowest BCUT2D eigenvalue weighted by molar-refractivity contribution is -0.121. The van der Waals surface area contributed by atoms with Crippen LogP contribution in [-0.4, -0.2) is 29.0 Å². The Bertz CT molecular complexity index is 695. The molecule has 5 nitrogen and oxygen atoms in total. The van der Waals surface area contributed by atoms with Gasteiger partial charge in [0.25, 0.3) is 0 Å². The highest BCUT2D eigenvalue weighted by Crippen LogP contribution is 2.32. The van der Waals surface area contributed by atoms with E-state index in [1.165, 1.54) is 16.6 Å². The van der Waals surface area contributed by atoms with Gasteiger partial charge in [-0.25, -0.2) is 5.84 Å². The summed E-state index contributed by atoms with van der Waals surface area (Å²) in [6.07, 6.45) is 1.37. The molecule has 0 saturated carbocycles. The van der Waals surface area contributed by atoms with E-state index in [0.717, 1.165) is 30.0 Å². The van der Waals surface area contributed by atoms with Crippen LogP contribution < -0.4 is 11.3 Å². The number of carbonyl (C=O) groups excluding carboxylic acids is 1. The van der Waals surface area contributed by atoms with Gasteiger partial charge in [0.2, 0.25) is 5.91 Å². The molecular formula is C15H19ClN4O. The number of nitrogens with one attached hydrogen (secondary N) is 1. The van der Waals surface area contributed by atoms with Crippen molar-refractivity contribution in [2.45, 2.75) is 25.9 Å². The second-order valence-corrected chi connectivity index (χ2v) is 5.98. The Morgan fingerprint density at radius 1 is 1.48 bits per heavy atom. The molecule has 112 valence electrons. The number of amides is 1. The molecule has 1 aromatic heterocycles. The lowest BCUT2D eigenvalue weighted by atomic mass is 10.1. The van der Waals surface area contributed by atoms with E-state index >= 15 is 0 Å². The zero-order valence-corrected chi connectivity index (χ0v) is 12.8. The standard InChI is InChI=1S/C15H19ClN4O/c1-19-6-4-14-12(9-19)11-8-10(16)2-3-13(11)20(14)7-5-15(21)18-17/h2-3,8H,4-7,9,17H2,1H3,(H,18,21). The number of carbonyl (C=O) groups is 1. The summed E-state index contributed by atoms with van der Waals surface area (Å²) < 4.78 is 2.24. The highest BCUT2D eigenvalue weighted by molar-refractivity contribution is 6.31. The van der Waals surface area contributed by atoms with Crippen molar-refractivity contribution < 1.29 is 4.79 Å². The normalized spacial score (nSPS) is 15.2. The summed E-state index contributed by atoms with van der Waals surface area (Å²) in [5.74, 6) is 5.02. The largest absolute Gasteiger partial charge is 0.344 e. The van der Waals surface area contributed by atoms with Gasteiger partial charge in [-0.2, -0.15) is 0 Å². The van der Waals surface area contributed by atoms with E-state index < -0.39 is 0 Å². The van der Waals surface area contributed by atoms with E-state index in [0.29, 0.717) is 13.0 Å². The van der Waals surface area contributed by atoms with Crippen LogP contribution in [-0.2, 0) is 24.3 Å². The van der Waals surface area contributed by atoms with Crippen LogP contribution in [0.2, 0.25) is 5.02 Å². The van der Waals surface area contributed by atoms with E-state index in [-0.39, 0.29) is 5.91 Å². The Labute approximate surface area is 128 Å². The van der Waals surface area contributed by atoms with Crippen molar-refractivity contribution in [2.75, 3.05) is 13.6 Å². The number of benzene rings is 1. The monoisotopic (exact) mass is 306 g/mol. The lowest BCUT2D eigenvalue weighted by Crippen LogP contribution is -2.31. The molecular weight excluding hydrogens is 288 g/mol. The smallest absolute Gasteiger partial charge is 0.235 e. The predicted molar refractivity (Wildman–Crippen MR) is 83.9 cm³/mol. The first kappa shape index (κ1) is 14.4. The molecule has 3 N–H and O–H groups in total. The number of hydrazine groups is 1. The molecule has 0 radical (unpaired) electrons. The molecule has 0 atom stereocenters. The van der Waals surface area contributed by atoms with Gasteiger partial charge in [0, 0.05) is 54.1 Å². The molecule has 2 aromatic rings. The SMILES string of the molecule is CN1CCc2c(c3cc(Cl)ccc3n2CCC(=O)NN)C1. The van der Waals surface area contributed by atoms with Crippen LogP contribution in [0.25, 0.3) is 10.9 Å². The van der Waals surface area contributed by atoms with Crippen molar-refractivity contribution in [3.05, 3.63) is 34.5 Å². The summed E-state index contributed by atoms with van der Waals surface area (Å²) >= 11 is 6.15. The third kappa shape index (κ3) is 2.64. The van der Waals surface area contributed by atoms with Gasteiger partial charge in [0.05, 0.1) is 0 Å². The van der Waals surface area contributed by atoms with Gasteiger partial charge >= 0.3 is 0 Å². The van der Waals surface area contributed by atoms with Gasteiger partial charge in [-0.15, -0.1) is 0 Å². The second kappa shape index (κ2) is 5.67. The molecule has 21 heavy (non-hydrogen) atoms. The summed E-state index contributed by atoms with van der Waals surface area (Å²) in [4.78, 5) is 13.7. The Morgan fingerprint density at radius 2 is 2.29 bits per heavy atom. The van der Waals surface area contributed by atoms with Gasteiger partial charge in [0.15, 0.2) is 0 Å². The number of rotatable bonds is 3. The van der Waals surface area contributed by atoms with Gasteiger partial charge in [0.1, 0.15) is 0 Å². The molecule has 3 rings (SSSR count). The fourth-order valence-corrected chi connectivity index (χ4v) is 3.27. The summed E-state index contributed by atoms with van der Waals surface area (Å²) in [6, 6.07) is 5.96. The molecule has 0 spiro atoms. The van der Waals surface area contributed by atoms with Gasteiger partial charge < -0.3 is 9.47 Å². The van der Waals surface area contributed by atoms with Crippen LogP contribution in [0.3, 0.4) is 0 Å². The number of fused-ring (bicyclic) bond motifs is 3. The highest BCUT2D eigenvalue weighted by atomic mass is 35.5. The van der Waals surface area contributed by atoms with Crippen LogP contribution >= 0.6 is 11.6 Å². The van der Waals surface area contributed by atoms with Crippen LogP contribution in [0.15, 0.2) is 18.2 Å². The Balaban J connectivity index is 2.08. The quantitative estimate of drug-likeness (QED) is 0.515. The third-order valence-corrected chi connectivity index (χ3v) is 4.37. The van der Waals surface area contributed by atoms with Crippen LogP contribution in [0, 0.1) is 0 Å². The Morgan fingerprint density at radius 3 is 3.05 bits per heavy atom. The first-order valence-corrected chi connectivity index (χ1v) is 7.45. The predicted octanol–water partition coefficient (Wildman–Crippen LogP) is 1.66. The number of likely N-dealkylation sites (N-methyl/N-ethyl adjacent to an activating group) is 1. The zero-order chi connectivity index (χ0) is 15.0. The lowest BCUT2D eigenvalue weighted by Gasteiger charge is -2.24. The molecule has 0 aliphatic carbocycles. The minimum Gasteiger partial charge on any atom is -0.344 e. The van der Waals surface area contributed by atoms with Crippen molar-refractivity contribution in [1.29, 1.82) is 0 Å². The number of aromatic nitrogens is 1. The molecule has 1 aliphatic rings. The molecule has 0 fully saturated rings. The summed E-state index contributed by atoms with van der Waals surface area (Å²) in [6.45, 7) is 2.59. The van der Waals surface area contributed by atoms with Gasteiger partial charge in [-0.05, 0) is 30.8 Å². The average Bonchev–Trinajstić information content (AvgIpc) is 2.77. The molecule has 0 saturated heterocycles. The molecule has 1 aliphatic heterocycles. The highest BCUT2D eigenvalue weighted by Gasteiger charge is 2.22. The van der Waals surface area contributed by atoms with E-state index in [4.69, 9.17) is 17.4 Å². The van der Waals surface area contributed by atoms with E-state index in [1.54, 1.807) is 0 Å². The Hall–Kier alpha value is -1.56. The number of hydrogen-bond donors (Lipinski definition) is 2. The zero-order valence-electron chi connectivity index (χ0n) is 12.0. The number of aryl methyl sites for hydroxylation is 1. The minimum atomic E-state index is -0.146. The number of nitrogens with two attached hydrogens (primary N) is 1. The fourth-order valence-electron chi connectivity index (χ4n) is 3.10. The van der Waals surface area contributed by atoms with Crippen LogP contribution in [0.4, 0.5) is 0 Å². The first-order chi connectivity index (χ1) is 10.1. The fraction of sp³-hybridized carbons (Fsp3) is 0.400. The second-order valence-electron chi connectivity index (χ2n) is 5.54. The van der Waals surface area contributed by atoms with Gasteiger partial charge in [-0.3, -0.25) is 10.2 Å². The van der Waals surface area contributed by atoms with Crippen molar-refractivity contribution in [3.63, 3.8) is 0 Å². The van der Waals surface area contributed by atoms with Crippen LogP contribution in [0.5, 0.6) is 0 Å². The van der Waals surface area contributed by atoms with Gasteiger partial charge in [-0.1, -0.05) is 11.6 Å². The van der Waals surface area contributed by atoms with E-state index in [9.17, 15) is 4.79 Å². The molecule has 6 heteroatoms. The minimum absolute atomic E-state index is 0.146. The first-order valence-electron chi connectivity index (χ1n) is 7.07. The summed E-state index contributed by atoms with van der Waals surface area (Å²) in [5, 5.41) is 1.94. The average molecular weight is 307 g/mol. The van der Waals surface area contributed by atoms with E-state index in [1.807, 2.05) is 18.2 Å². The van der Waals surface area contributed by atoms with Crippen LogP contribution in [0.1, 0.15) is 17.7 Å². The number of nitrogens with zero attached hydrogens (tertiary/aromatic N) is 2. The molecule has 0 unspecified atom stereocenters. The maximum Gasteiger partial charge on any atom is 0.235 e. The van der Waals surface area contributed by atoms with Crippen molar-refractivity contribution in [3.8, 4) is 0 Å². The number of halogens is 1. The van der Waals surface area contributed by atoms with E-state index in [2.05, 4.69) is 21.9 Å². The van der Waals surface area contributed by atoms with Crippen molar-refractivity contribution in [1.82, 2.24) is 14.9 Å². The molecule has 1 amide bonds. The maximum absolute atomic E-state index is 11.4. The topological polar surface area (TPSA) is 63.3 Å². The molecule has 0 bridgehead atoms. The van der Waals surface area contributed by atoms with Crippen molar-refractivity contribution >= 4 is 28.4 Å². The third-order valence-electron chi connectivity index (χ3n) is 4.13.